The fourth-order valence-electron chi connectivity index (χ4n) is 2.53. The second kappa shape index (κ2) is 7.49. The Bertz CT molecular complexity index is 979. The number of anilines is 1. The van der Waals surface area contributed by atoms with Gasteiger partial charge in [0.1, 0.15) is 11.0 Å². The predicted octanol–water partition coefficient (Wildman–Crippen LogP) is 3.37. The Labute approximate surface area is 157 Å². The summed E-state index contributed by atoms with van der Waals surface area (Å²) in [6, 6.07) is 9.19. The molecule has 0 aliphatic heterocycles. The molecule has 3 aromatic heterocycles. The summed E-state index contributed by atoms with van der Waals surface area (Å²) in [6.45, 7) is 0. The highest BCUT2D eigenvalue weighted by molar-refractivity contribution is 6.31. The van der Waals surface area contributed by atoms with Crippen LogP contribution in [-0.4, -0.2) is 41.8 Å². The normalized spacial score (nSPS) is 11.5. The van der Waals surface area contributed by atoms with Crippen LogP contribution in [0.3, 0.4) is 0 Å². The van der Waals surface area contributed by atoms with Crippen molar-refractivity contribution in [2.75, 3.05) is 26.0 Å². The number of nitrogens with zero attached hydrogens (tertiary/aromatic N) is 4. The van der Waals surface area contributed by atoms with Crippen molar-refractivity contribution < 1.29 is 0 Å². The van der Waals surface area contributed by atoms with Gasteiger partial charge in [0.05, 0.1) is 16.7 Å². The highest BCUT2D eigenvalue weighted by Crippen LogP contribution is 2.23. The third-order valence-electron chi connectivity index (χ3n) is 3.87. The van der Waals surface area contributed by atoms with E-state index in [1.807, 2.05) is 43.3 Å². The van der Waals surface area contributed by atoms with Crippen LogP contribution in [0.15, 0.2) is 48.9 Å². The molecule has 0 radical (unpaired) electrons. The van der Waals surface area contributed by atoms with E-state index in [1.54, 1.807) is 31.7 Å². The van der Waals surface area contributed by atoms with Crippen molar-refractivity contribution in [3.8, 4) is 0 Å². The lowest BCUT2D eigenvalue weighted by Crippen LogP contribution is -2.12. The smallest absolute Gasteiger partial charge is 0.129 e. The van der Waals surface area contributed by atoms with Crippen LogP contribution in [0.5, 0.6) is 0 Å². The molecular formula is C19H19ClN6. The highest BCUT2D eigenvalue weighted by atomic mass is 35.5. The summed E-state index contributed by atoms with van der Waals surface area (Å²) in [6.07, 6.45) is 5.21. The maximum atomic E-state index is 8.62. The average Bonchev–Trinajstić information content (AvgIpc) is 2.65. The number of rotatable bonds is 5. The monoisotopic (exact) mass is 366 g/mol. The van der Waals surface area contributed by atoms with Gasteiger partial charge in [-0.3, -0.25) is 10.4 Å². The maximum Gasteiger partial charge on any atom is 0.129 e. The minimum absolute atomic E-state index is 0.348. The number of fused-ring (bicyclic) bond motifs is 1. The second-order valence-corrected chi connectivity index (χ2v) is 6.30. The van der Waals surface area contributed by atoms with E-state index in [4.69, 9.17) is 17.0 Å². The molecule has 0 saturated heterocycles. The number of allylic oxidation sites excluding steroid dienone is 1. The molecule has 0 aromatic carbocycles. The summed E-state index contributed by atoms with van der Waals surface area (Å²) in [5.74, 6) is 0.840. The van der Waals surface area contributed by atoms with E-state index in [0.29, 0.717) is 22.0 Å². The summed E-state index contributed by atoms with van der Waals surface area (Å²) in [5.41, 5.74) is 3.99. The molecule has 132 valence electrons. The lowest BCUT2D eigenvalue weighted by Gasteiger charge is -2.13. The zero-order valence-electron chi connectivity index (χ0n) is 14.8. The van der Waals surface area contributed by atoms with Crippen molar-refractivity contribution in [2.24, 2.45) is 0 Å². The van der Waals surface area contributed by atoms with Crippen molar-refractivity contribution in [3.05, 3.63) is 65.2 Å². The Balaban J connectivity index is 2.01. The van der Waals surface area contributed by atoms with Gasteiger partial charge in [-0.2, -0.15) is 0 Å². The standard InChI is InChI=1S/C19H19ClN6/c1-22-11-14(19(21)12-4-7-18(24-9-12)26(2)3)13-8-16-15(23-10-13)5-6-17(20)25-16/h4-11,21-22H,1-3H3/b14-11-,21-19?. The van der Waals surface area contributed by atoms with E-state index in [9.17, 15) is 0 Å². The molecule has 0 spiro atoms. The fraction of sp³-hybridized carbons (Fsp3) is 0.158. The molecular weight excluding hydrogens is 348 g/mol. The van der Waals surface area contributed by atoms with Crippen molar-refractivity contribution in [2.45, 2.75) is 0 Å². The fourth-order valence-corrected chi connectivity index (χ4v) is 2.68. The molecule has 7 heteroatoms. The van der Waals surface area contributed by atoms with E-state index in [2.05, 4.69) is 20.3 Å². The number of halogens is 1. The Hall–Kier alpha value is -2.99. The van der Waals surface area contributed by atoms with Crippen molar-refractivity contribution in [3.63, 3.8) is 0 Å². The number of pyridine rings is 3. The number of nitrogens with one attached hydrogen (secondary N) is 2. The highest BCUT2D eigenvalue weighted by Gasteiger charge is 2.13. The van der Waals surface area contributed by atoms with Gasteiger partial charge in [0.25, 0.3) is 0 Å². The molecule has 3 rings (SSSR count). The Morgan fingerprint density at radius 1 is 1.08 bits per heavy atom. The first-order chi connectivity index (χ1) is 12.5. The first kappa shape index (κ1) is 17.8. The summed E-state index contributed by atoms with van der Waals surface area (Å²) >= 11 is 5.99. The number of hydrogen-bond acceptors (Lipinski definition) is 6. The van der Waals surface area contributed by atoms with Gasteiger partial charge in [-0.25, -0.2) is 9.97 Å². The van der Waals surface area contributed by atoms with Gasteiger partial charge >= 0.3 is 0 Å². The van der Waals surface area contributed by atoms with Crippen LogP contribution in [0.1, 0.15) is 11.1 Å². The van der Waals surface area contributed by atoms with Crippen LogP contribution in [-0.2, 0) is 0 Å². The van der Waals surface area contributed by atoms with E-state index in [0.717, 1.165) is 22.5 Å². The largest absolute Gasteiger partial charge is 0.393 e. The summed E-state index contributed by atoms with van der Waals surface area (Å²) in [4.78, 5) is 15.0. The number of aromatic nitrogens is 3. The molecule has 0 aliphatic carbocycles. The molecule has 0 amide bonds. The topological polar surface area (TPSA) is 77.8 Å². The Morgan fingerprint density at radius 3 is 2.50 bits per heavy atom. The van der Waals surface area contributed by atoms with Gasteiger partial charge in [0.15, 0.2) is 0 Å². The molecule has 26 heavy (non-hydrogen) atoms. The summed E-state index contributed by atoms with van der Waals surface area (Å²) in [5, 5.41) is 12.0. The Morgan fingerprint density at radius 2 is 1.85 bits per heavy atom. The Kier molecular flexibility index (Phi) is 5.14. The van der Waals surface area contributed by atoms with Gasteiger partial charge in [-0.05, 0) is 30.3 Å². The van der Waals surface area contributed by atoms with Gasteiger partial charge in [-0.15, -0.1) is 0 Å². The molecule has 3 aromatic rings. The molecule has 2 N–H and O–H groups in total. The molecule has 0 aliphatic rings. The van der Waals surface area contributed by atoms with Crippen LogP contribution in [0.4, 0.5) is 5.82 Å². The lowest BCUT2D eigenvalue weighted by atomic mass is 9.98. The summed E-state index contributed by atoms with van der Waals surface area (Å²) < 4.78 is 0. The van der Waals surface area contributed by atoms with Crippen LogP contribution in [0, 0.1) is 5.41 Å². The number of hydrogen-bond donors (Lipinski definition) is 2. The minimum atomic E-state index is 0.348. The van der Waals surface area contributed by atoms with Crippen LogP contribution < -0.4 is 10.2 Å². The third-order valence-corrected chi connectivity index (χ3v) is 4.08. The molecule has 0 fully saturated rings. The molecule has 6 nitrogen and oxygen atoms in total. The van der Waals surface area contributed by atoms with Crippen LogP contribution in [0.25, 0.3) is 16.6 Å². The zero-order chi connectivity index (χ0) is 18.7. The lowest BCUT2D eigenvalue weighted by molar-refractivity contribution is 1.07. The third kappa shape index (κ3) is 3.65. The molecule has 0 saturated carbocycles. The first-order valence-corrected chi connectivity index (χ1v) is 8.40. The van der Waals surface area contributed by atoms with E-state index >= 15 is 0 Å². The van der Waals surface area contributed by atoms with Gasteiger partial charge in [-0.1, -0.05) is 11.6 Å². The van der Waals surface area contributed by atoms with Crippen molar-refractivity contribution in [1.29, 1.82) is 5.41 Å². The molecule has 3 heterocycles. The van der Waals surface area contributed by atoms with Crippen molar-refractivity contribution in [1.82, 2.24) is 20.3 Å². The second-order valence-electron chi connectivity index (χ2n) is 5.92. The molecule has 0 unspecified atom stereocenters. The molecule has 0 atom stereocenters. The quantitative estimate of drug-likeness (QED) is 0.534. The minimum Gasteiger partial charge on any atom is -0.393 e. The summed E-state index contributed by atoms with van der Waals surface area (Å²) in [7, 11) is 5.65. The van der Waals surface area contributed by atoms with Gasteiger partial charge in [0.2, 0.25) is 0 Å². The van der Waals surface area contributed by atoms with E-state index in [-0.39, 0.29) is 0 Å². The zero-order valence-corrected chi connectivity index (χ0v) is 15.5. The average molecular weight is 367 g/mol. The van der Waals surface area contributed by atoms with Gasteiger partial charge < -0.3 is 10.2 Å². The van der Waals surface area contributed by atoms with E-state index < -0.39 is 0 Å². The first-order valence-electron chi connectivity index (χ1n) is 8.02. The van der Waals surface area contributed by atoms with E-state index in [1.165, 1.54) is 0 Å². The SMILES string of the molecule is CN/C=C(\C(=N)c1ccc(N(C)C)nc1)c1cnc2ccc(Cl)nc2c1. The van der Waals surface area contributed by atoms with Crippen molar-refractivity contribution >= 4 is 39.7 Å². The predicted molar refractivity (Wildman–Crippen MR) is 107 cm³/mol. The maximum absolute atomic E-state index is 8.62. The molecule has 0 bridgehead atoms. The van der Waals surface area contributed by atoms with Gasteiger partial charge in [0, 0.05) is 56.4 Å². The van der Waals surface area contributed by atoms with Crippen LogP contribution in [0.2, 0.25) is 5.15 Å². The van der Waals surface area contributed by atoms with Crippen LogP contribution >= 0.6 is 11.6 Å².